The molecule has 5 heteroatoms. The van der Waals surface area contributed by atoms with Crippen LogP contribution in [0.2, 0.25) is 0 Å². The van der Waals surface area contributed by atoms with Crippen LogP contribution in [-0.2, 0) is 7.05 Å². The van der Waals surface area contributed by atoms with Crippen LogP contribution in [-0.4, -0.2) is 32.9 Å². The normalized spacial score (nSPS) is 29.1. The molecule has 0 spiro atoms. The molecule has 1 fully saturated rings. The number of aromatic nitrogens is 2. The summed E-state index contributed by atoms with van der Waals surface area (Å²) in [5.74, 6) is 0.331. The summed E-state index contributed by atoms with van der Waals surface area (Å²) in [7, 11) is 1.78. The van der Waals surface area contributed by atoms with Crippen LogP contribution < -0.4 is 5.32 Å². The number of nitrogens with zero attached hydrogens (tertiary/aromatic N) is 2. The first-order chi connectivity index (χ1) is 9.25. The van der Waals surface area contributed by atoms with Gasteiger partial charge < -0.3 is 10.4 Å². The molecule has 0 radical (unpaired) electrons. The summed E-state index contributed by atoms with van der Waals surface area (Å²) < 4.78 is 1.61. The van der Waals surface area contributed by atoms with E-state index >= 15 is 0 Å². The smallest absolute Gasteiger partial charge is 0.254 e. The second-order valence-corrected chi connectivity index (χ2v) is 7.15. The minimum Gasteiger partial charge on any atom is -0.394 e. The summed E-state index contributed by atoms with van der Waals surface area (Å²) in [6, 6.07) is 0. The van der Waals surface area contributed by atoms with Gasteiger partial charge >= 0.3 is 0 Å². The Labute approximate surface area is 120 Å². The van der Waals surface area contributed by atoms with E-state index in [0.717, 1.165) is 19.3 Å². The highest BCUT2D eigenvalue weighted by molar-refractivity contribution is 5.94. The second-order valence-electron chi connectivity index (χ2n) is 7.15. The molecule has 0 unspecified atom stereocenters. The maximum Gasteiger partial charge on any atom is 0.254 e. The van der Waals surface area contributed by atoms with Gasteiger partial charge in [0, 0.05) is 13.2 Å². The van der Waals surface area contributed by atoms with Crippen molar-refractivity contribution in [2.75, 3.05) is 6.61 Å². The first-order valence-corrected chi connectivity index (χ1v) is 7.17. The summed E-state index contributed by atoms with van der Waals surface area (Å²) in [5, 5.41) is 16.9. The third kappa shape index (κ3) is 3.20. The van der Waals surface area contributed by atoms with Crippen LogP contribution in [0.1, 0.15) is 50.4 Å². The predicted molar refractivity (Wildman–Crippen MR) is 77.3 cm³/mol. The van der Waals surface area contributed by atoms with E-state index in [2.05, 4.69) is 31.2 Å². The molecule has 0 saturated heterocycles. The topological polar surface area (TPSA) is 67.2 Å². The zero-order chi connectivity index (χ0) is 15.0. The lowest BCUT2D eigenvalue weighted by Crippen LogP contribution is -2.57. The molecule has 2 atom stereocenters. The molecule has 2 N–H and O–H groups in total. The highest BCUT2D eigenvalue weighted by Gasteiger charge is 2.43. The Morgan fingerprint density at radius 2 is 2.25 bits per heavy atom. The van der Waals surface area contributed by atoms with E-state index in [1.54, 1.807) is 24.1 Å². The van der Waals surface area contributed by atoms with E-state index in [0.29, 0.717) is 11.5 Å². The van der Waals surface area contributed by atoms with Gasteiger partial charge in [0.2, 0.25) is 0 Å². The Balaban J connectivity index is 2.17. The van der Waals surface area contributed by atoms with E-state index in [1.807, 2.05) is 0 Å². The van der Waals surface area contributed by atoms with Crippen LogP contribution in [0, 0.1) is 11.3 Å². The zero-order valence-electron chi connectivity index (χ0n) is 12.8. The van der Waals surface area contributed by atoms with Gasteiger partial charge in [-0.05, 0) is 30.6 Å². The molecule has 1 amide bonds. The van der Waals surface area contributed by atoms with Crippen LogP contribution in [0.4, 0.5) is 0 Å². The van der Waals surface area contributed by atoms with Crippen molar-refractivity contribution in [3.8, 4) is 0 Å². The zero-order valence-corrected chi connectivity index (χ0v) is 12.8. The van der Waals surface area contributed by atoms with E-state index in [-0.39, 0.29) is 17.9 Å². The van der Waals surface area contributed by atoms with Gasteiger partial charge in [0.15, 0.2) is 0 Å². The Bertz CT molecular complexity index is 495. The second kappa shape index (κ2) is 5.20. The quantitative estimate of drug-likeness (QED) is 0.885. The number of amides is 1. The van der Waals surface area contributed by atoms with Crippen LogP contribution in [0.3, 0.4) is 0 Å². The highest BCUT2D eigenvalue weighted by Crippen LogP contribution is 2.43. The van der Waals surface area contributed by atoms with Crippen molar-refractivity contribution >= 4 is 5.91 Å². The van der Waals surface area contributed by atoms with Crippen molar-refractivity contribution in [2.45, 2.75) is 45.6 Å². The molecule has 1 aliphatic carbocycles. The summed E-state index contributed by atoms with van der Waals surface area (Å²) in [6.07, 6.45) is 5.99. The van der Waals surface area contributed by atoms with E-state index in [4.69, 9.17) is 0 Å². The average molecular weight is 279 g/mol. The molecule has 0 aliphatic heterocycles. The van der Waals surface area contributed by atoms with Crippen LogP contribution in [0.25, 0.3) is 0 Å². The number of aliphatic hydroxyl groups is 1. The third-order valence-corrected chi connectivity index (χ3v) is 4.11. The third-order valence-electron chi connectivity index (χ3n) is 4.11. The number of hydrogen-bond acceptors (Lipinski definition) is 3. The lowest BCUT2D eigenvalue weighted by Gasteiger charge is -2.47. The molecule has 1 aromatic rings. The SMILES string of the molecule is C[C@@H]1CC(C)(C)C[C@@](CO)(NC(=O)c2cnn(C)c2)C1. The Kier molecular flexibility index (Phi) is 3.91. The summed E-state index contributed by atoms with van der Waals surface area (Å²) in [6.45, 7) is 6.56. The number of rotatable bonds is 3. The minimum atomic E-state index is -0.520. The number of carbonyl (C=O) groups excluding carboxylic acids is 1. The molecule has 1 saturated carbocycles. The van der Waals surface area contributed by atoms with E-state index in [1.165, 1.54) is 0 Å². The van der Waals surface area contributed by atoms with Crippen LogP contribution in [0.5, 0.6) is 0 Å². The number of aliphatic hydroxyl groups excluding tert-OH is 1. The lowest BCUT2D eigenvalue weighted by molar-refractivity contribution is 0.0334. The van der Waals surface area contributed by atoms with E-state index in [9.17, 15) is 9.90 Å². The van der Waals surface area contributed by atoms with Crippen molar-refractivity contribution in [3.63, 3.8) is 0 Å². The van der Waals surface area contributed by atoms with Gasteiger partial charge in [0.05, 0.1) is 23.9 Å². The fourth-order valence-electron chi connectivity index (χ4n) is 3.85. The number of hydrogen-bond donors (Lipinski definition) is 2. The van der Waals surface area contributed by atoms with Gasteiger partial charge in [0.25, 0.3) is 5.91 Å². The van der Waals surface area contributed by atoms with Gasteiger partial charge in [-0.2, -0.15) is 5.10 Å². The van der Waals surface area contributed by atoms with Gasteiger partial charge in [-0.1, -0.05) is 20.8 Å². The van der Waals surface area contributed by atoms with Crippen LogP contribution in [0.15, 0.2) is 12.4 Å². The Morgan fingerprint density at radius 3 is 2.75 bits per heavy atom. The molecule has 0 aromatic carbocycles. The molecular formula is C15H25N3O2. The molecule has 1 aromatic heterocycles. The van der Waals surface area contributed by atoms with Gasteiger partial charge in [-0.15, -0.1) is 0 Å². The van der Waals surface area contributed by atoms with Crippen molar-refractivity contribution in [1.82, 2.24) is 15.1 Å². The minimum absolute atomic E-state index is 0.0211. The fraction of sp³-hybridized carbons (Fsp3) is 0.733. The number of nitrogens with one attached hydrogen (secondary N) is 1. The summed E-state index contributed by atoms with van der Waals surface area (Å²) in [4.78, 5) is 12.3. The first kappa shape index (κ1) is 15.0. The van der Waals surface area contributed by atoms with Crippen molar-refractivity contribution < 1.29 is 9.90 Å². The predicted octanol–water partition coefficient (Wildman–Crippen LogP) is 1.73. The molecule has 2 rings (SSSR count). The van der Waals surface area contributed by atoms with Gasteiger partial charge in [-0.3, -0.25) is 9.48 Å². The first-order valence-electron chi connectivity index (χ1n) is 7.17. The largest absolute Gasteiger partial charge is 0.394 e. The Hall–Kier alpha value is -1.36. The van der Waals surface area contributed by atoms with Gasteiger partial charge in [-0.25, -0.2) is 0 Å². The molecule has 5 nitrogen and oxygen atoms in total. The van der Waals surface area contributed by atoms with Crippen LogP contribution >= 0.6 is 0 Å². The molecule has 1 aliphatic rings. The monoisotopic (exact) mass is 279 g/mol. The highest BCUT2D eigenvalue weighted by atomic mass is 16.3. The molecular weight excluding hydrogens is 254 g/mol. The number of carbonyl (C=O) groups is 1. The van der Waals surface area contributed by atoms with Gasteiger partial charge in [0.1, 0.15) is 0 Å². The molecule has 0 bridgehead atoms. The fourth-order valence-corrected chi connectivity index (χ4v) is 3.85. The van der Waals surface area contributed by atoms with Crippen molar-refractivity contribution in [3.05, 3.63) is 18.0 Å². The standard InChI is InChI=1S/C15H25N3O2/c1-11-5-14(2,3)9-15(6-11,10-19)17-13(20)12-7-16-18(4)8-12/h7-8,11,19H,5-6,9-10H2,1-4H3,(H,17,20)/t11-,15+/m1/s1. The Morgan fingerprint density at radius 1 is 1.55 bits per heavy atom. The molecule has 112 valence electrons. The molecule has 1 heterocycles. The maximum atomic E-state index is 12.3. The number of aryl methyl sites for hydroxylation is 1. The van der Waals surface area contributed by atoms with Crippen molar-refractivity contribution in [1.29, 1.82) is 0 Å². The lowest BCUT2D eigenvalue weighted by atomic mass is 9.64. The van der Waals surface area contributed by atoms with Crippen molar-refractivity contribution in [2.24, 2.45) is 18.4 Å². The van der Waals surface area contributed by atoms with E-state index < -0.39 is 5.54 Å². The maximum absolute atomic E-state index is 12.3. The molecule has 20 heavy (non-hydrogen) atoms. The summed E-state index contributed by atoms with van der Waals surface area (Å²) in [5.41, 5.74) is 0.146. The average Bonchev–Trinajstić information content (AvgIpc) is 2.73. The summed E-state index contributed by atoms with van der Waals surface area (Å²) >= 11 is 0.